The molecule has 0 aromatic carbocycles. The Bertz CT molecular complexity index is 351. The molecule has 1 heterocycles. The van der Waals surface area contributed by atoms with E-state index in [1.54, 1.807) is 0 Å². The molecule has 1 N–H and O–H groups in total. The van der Waals surface area contributed by atoms with E-state index in [2.05, 4.69) is 23.4 Å². The van der Waals surface area contributed by atoms with Crippen molar-refractivity contribution < 1.29 is 5.11 Å². The molecule has 1 aliphatic carbocycles. The van der Waals surface area contributed by atoms with E-state index in [0.29, 0.717) is 0 Å². The molecule has 1 saturated carbocycles. The van der Waals surface area contributed by atoms with Gasteiger partial charge in [-0.1, -0.05) is 20.3 Å². The van der Waals surface area contributed by atoms with Crippen LogP contribution in [0.4, 0.5) is 0 Å². The topological polar surface area (TPSA) is 38.0 Å². The van der Waals surface area contributed by atoms with Crippen LogP contribution in [0.15, 0.2) is 12.4 Å². The molecule has 0 radical (unpaired) electrons. The highest BCUT2D eigenvalue weighted by atomic mass is 16.3. The number of aliphatic hydroxyl groups is 1. The fourth-order valence-corrected chi connectivity index (χ4v) is 2.92. The predicted molar refractivity (Wildman–Crippen MR) is 68.7 cm³/mol. The summed E-state index contributed by atoms with van der Waals surface area (Å²) in [4.78, 5) is 4.39. The lowest BCUT2D eigenvalue weighted by Gasteiger charge is -2.35. The van der Waals surface area contributed by atoms with Gasteiger partial charge in [0.05, 0.1) is 0 Å². The maximum Gasteiger partial charge on any atom is 0.140 e. The smallest absolute Gasteiger partial charge is 0.140 e. The Morgan fingerprint density at radius 3 is 2.71 bits per heavy atom. The molecule has 1 fully saturated rings. The van der Waals surface area contributed by atoms with E-state index in [4.69, 9.17) is 0 Å². The molecule has 0 aliphatic heterocycles. The second kappa shape index (κ2) is 5.21. The lowest BCUT2D eigenvalue weighted by molar-refractivity contribution is -0.0251. The van der Waals surface area contributed by atoms with Gasteiger partial charge in [-0.05, 0) is 38.0 Å². The number of aromatic nitrogens is 2. The molecule has 17 heavy (non-hydrogen) atoms. The number of imidazole rings is 1. The van der Waals surface area contributed by atoms with Crippen molar-refractivity contribution in [3.8, 4) is 0 Å². The molecule has 3 nitrogen and oxygen atoms in total. The summed E-state index contributed by atoms with van der Waals surface area (Å²) in [6.07, 6.45) is 10.1. The average Bonchev–Trinajstić information content (AvgIpc) is 2.80. The van der Waals surface area contributed by atoms with Gasteiger partial charge in [-0.3, -0.25) is 0 Å². The molecule has 0 amide bonds. The molecule has 1 aromatic rings. The Morgan fingerprint density at radius 1 is 1.41 bits per heavy atom. The van der Waals surface area contributed by atoms with Crippen LogP contribution in [0.2, 0.25) is 0 Å². The van der Waals surface area contributed by atoms with Crippen LogP contribution in [0.5, 0.6) is 0 Å². The lowest BCUT2D eigenvalue weighted by Crippen LogP contribution is -2.34. The van der Waals surface area contributed by atoms with Crippen LogP contribution in [0, 0.1) is 5.92 Å². The maximum atomic E-state index is 10.8. The Labute approximate surface area is 104 Å². The van der Waals surface area contributed by atoms with Gasteiger partial charge in [0, 0.05) is 18.9 Å². The largest absolute Gasteiger partial charge is 0.382 e. The van der Waals surface area contributed by atoms with E-state index >= 15 is 0 Å². The van der Waals surface area contributed by atoms with Crippen molar-refractivity contribution in [1.82, 2.24) is 9.55 Å². The van der Waals surface area contributed by atoms with Gasteiger partial charge < -0.3 is 9.67 Å². The summed E-state index contributed by atoms with van der Waals surface area (Å²) in [5.74, 6) is 1.68. The van der Waals surface area contributed by atoms with E-state index in [1.165, 1.54) is 6.42 Å². The third-order valence-corrected chi connectivity index (χ3v) is 4.11. The van der Waals surface area contributed by atoms with E-state index in [9.17, 15) is 5.11 Å². The Balaban J connectivity index is 2.12. The second-order valence-electron chi connectivity index (χ2n) is 5.33. The third kappa shape index (κ3) is 2.54. The van der Waals surface area contributed by atoms with Crippen molar-refractivity contribution in [2.45, 2.75) is 64.5 Å². The van der Waals surface area contributed by atoms with Crippen LogP contribution in [-0.4, -0.2) is 14.7 Å². The monoisotopic (exact) mass is 236 g/mol. The lowest BCUT2D eigenvalue weighted by atomic mass is 9.77. The fraction of sp³-hybridized carbons (Fsp3) is 0.786. The zero-order valence-electron chi connectivity index (χ0n) is 11.0. The summed E-state index contributed by atoms with van der Waals surface area (Å²) in [6, 6.07) is 0. The van der Waals surface area contributed by atoms with Gasteiger partial charge in [0.1, 0.15) is 11.4 Å². The molecule has 2 rings (SSSR count). The number of hydrogen-bond donors (Lipinski definition) is 1. The van der Waals surface area contributed by atoms with Crippen molar-refractivity contribution in [3.63, 3.8) is 0 Å². The Morgan fingerprint density at radius 2 is 2.12 bits per heavy atom. The Kier molecular flexibility index (Phi) is 3.87. The zero-order chi connectivity index (χ0) is 12.3. The molecule has 1 aromatic heterocycles. The molecule has 96 valence electrons. The van der Waals surface area contributed by atoms with Gasteiger partial charge in [0.15, 0.2) is 0 Å². The first-order valence-corrected chi connectivity index (χ1v) is 6.93. The van der Waals surface area contributed by atoms with Gasteiger partial charge in [-0.2, -0.15) is 0 Å². The minimum absolute atomic E-state index is 0.676. The van der Waals surface area contributed by atoms with Crippen LogP contribution in [0.3, 0.4) is 0 Å². The van der Waals surface area contributed by atoms with Crippen LogP contribution in [-0.2, 0) is 12.1 Å². The Hall–Kier alpha value is -0.830. The highest BCUT2D eigenvalue weighted by molar-refractivity contribution is 5.06. The van der Waals surface area contributed by atoms with Crippen molar-refractivity contribution >= 4 is 0 Å². The van der Waals surface area contributed by atoms with Gasteiger partial charge in [-0.25, -0.2) is 4.98 Å². The number of hydrogen-bond acceptors (Lipinski definition) is 2. The molecular weight excluding hydrogens is 212 g/mol. The first kappa shape index (κ1) is 12.6. The number of nitrogens with zero attached hydrogens (tertiary/aromatic N) is 2. The van der Waals surface area contributed by atoms with Crippen molar-refractivity contribution in [3.05, 3.63) is 18.2 Å². The first-order valence-electron chi connectivity index (χ1n) is 6.93. The molecule has 1 aliphatic rings. The van der Waals surface area contributed by atoms with Gasteiger partial charge >= 0.3 is 0 Å². The summed E-state index contributed by atoms with van der Waals surface area (Å²) in [5.41, 5.74) is -0.676. The van der Waals surface area contributed by atoms with Crippen molar-refractivity contribution in [2.24, 2.45) is 5.92 Å². The average molecular weight is 236 g/mol. The van der Waals surface area contributed by atoms with Crippen molar-refractivity contribution in [2.75, 3.05) is 0 Å². The van der Waals surface area contributed by atoms with Gasteiger partial charge in [0.2, 0.25) is 0 Å². The quantitative estimate of drug-likeness (QED) is 0.872. The molecule has 0 spiro atoms. The normalized spacial score (nSPS) is 29.5. The highest BCUT2D eigenvalue weighted by Gasteiger charge is 2.37. The number of rotatable bonds is 4. The molecule has 3 heteroatoms. The highest BCUT2D eigenvalue weighted by Crippen LogP contribution is 2.39. The predicted octanol–water partition coefficient (Wildman–Crippen LogP) is 3.08. The summed E-state index contributed by atoms with van der Waals surface area (Å²) in [7, 11) is 0. The summed E-state index contributed by atoms with van der Waals surface area (Å²) < 4.78 is 2.12. The van der Waals surface area contributed by atoms with E-state index in [-0.39, 0.29) is 0 Å². The molecule has 0 saturated heterocycles. The van der Waals surface area contributed by atoms with Gasteiger partial charge in [-0.15, -0.1) is 0 Å². The van der Waals surface area contributed by atoms with E-state index in [0.717, 1.165) is 50.4 Å². The van der Waals surface area contributed by atoms with Gasteiger partial charge in [0.25, 0.3) is 0 Å². The third-order valence-electron chi connectivity index (χ3n) is 4.11. The summed E-state index contributed by atoms with van der Waals surface area (Å²) >= 11 is 0. The maximum absolute atomic E-state index is 10.8. The standard InChI is InChI=1S/C14H24N2O/c1-3-10-16-11-9-15-13(16)14(17)7-5-12(4-2)6-8-14/h9,11-12,17H,3-8,10H2,1-2H3. The summed E-state index contributed by atoms with van der Waals surface area (Å²) in [5, 5.41) is 10.8. The van der Waals surface area contributed by atoms with Crippen LogP contribution in [0.1, 0.15) is 58.2 Å². The SMILES string of the molecule is CCCn1ccnc1C1(O)CCC(CC)CC1. The minimum Gasteiger partial charge on any atom is -0.382 e. The van der Waals surface area contributed by atoms with Crippen molar-refractivity contribution in [1.29, 1.82) is 0 Å². The molecular formula is C14H24N2O. The van der Waals surface area contributed by atoms with Crippen LogP contribution < -0.4 is 0 Å². The second-order valence-corrected chi connectivity index (χ2v) is 5.33. The number of aryl methyl sites for hydroxylation is 1. The van der Waals surface area contributed by atoms with E-state index in [1.807, 2.05) is 12.4 Å². The fourth-order valence-electron chi connectivity index (χ4n) is 2.92. The first-order chi connectivity index (χ1) is 8.19. The zero-order valence-corrected chi connectivity index (χ0v) is 11.0. The van der Waals surface area contributed by atoms with E-state index < -0.39 is 5.60 Å². The van der Waals surface area contributed by atoms with Crippen LogP contribution in [0.25, 0.3) is 0 Å². The molecule has 0 unspecified atom stereocenters. The van der Waals surface area contributed by atoms with Crippen LogP contribution >= 0.6 is 0 Å². The minimum atomic E-state index is -0.676. The molecule has 0 bridgehead atoms. The summed E-state index contributed by atoms with van der Waals surface area (Å²) in [6.45, 7) is 5.35. The molecule has 0 atom stereocenters.